The van der Waals surface area contributed by atoms with Crippen LogP contribution >= 0.6 is 0 Å². The minimum absolute atomic E-state index is 0.341. The van der Waals surface area contributed by atoms with E-state index in [0.717, 1.165) is 38.0 Å². The SMILES string of the molecule is CCNC1CCC(C(C)C)CC1OCCOCCCOC. The lowest BCUT2D eigenvalue weighted by atomic mass is 9.78. The van der Waals surface area contributed by atoms with Gasteiger partial charge in [0.15, 0.2) is 0 Å². The van der Waals surface area contributed by atoms with E-state index in [1.54, 1.807) is 7.11 Å². The predicted molar refractivity (Wildman–Crippen MR) is 86.7 cm³/mol. The largest absolute Gasteiger partial charge is 0.385 e. The maximum atomic E-state index is 6.12. The second-order valence-corrected chi connectivity index (χ2v) is 6.35. The van der Waals surface area contributed by atoms with Gasteiger partial charge in [0.05, 0.1) is 19.3 Å². The van der Waals surface area contributed by atoms with Crippen LogP contribution in [0.15, 0.2) is 0 Å². The first-order valence-electron chi connectivity index (χ1n) is 8.60. The summed E-state index contributed by atoms with van der Waals surface area (Å²) >= 11 is 0. The van der Waals surface area contributed by atoms with Crippen LogP contribution < -0.4 is 5.32 Å². The average molecular weight is 301 g/mol. The molecule has 1 rings (SSSR count). The van der Waals surface area contributed by atoms with E-state index in [-0.39, 0.29) is 0 Å². The molecule has 0 aliphatic heterocycles. The minimum atomic E-state index is 0.341. The zero-order valence-electron chi connectivity index (χ0n) is 14.4. The lowest BCUT2D eigenvalue weighted by Crippen LogP contribution is -2.46. The number of hydrogen-bond acceptors (Lipinski definition) is 4. The van der Waals surface area contributed by atoms with E-state index in [9.17, 15) is 0 Å². The summed E-state index contributed by atoms with van der Waals surface area (Å²) in [5.74, 6) is 1.55. The van der Waals surface area contributed by atoms with Crippen molar-refractivity contribution in [2.75, 3.05) is 40.1 Å². The number of likely N-dealkylation sites (N-methyl/N-ethyl adjacent to an activating group) is 1. The van der Waals surface area contributed by atoms with Crippen LogP contribution in [0.25, 0.3) is 0 Å². The van der Waals surface area contributed by atoms with Crippen molar-refractivity contribution in [2.45, 2.75) is 58.6 Å². The van der Waals surface area contributed by atoms with Crippen LogP contribution in [0.4, 0.5) is 0 Å². The van der Waals surface area contributed by atoms with Gasteiger partial charge in [-0.3, -0.25) is 0 Å². The van der Waals surface area contributed by atoms with Gasteiger partial charge < -0.3 is 19.5 Å². The van der Waals surface area contributed by atoms with Gasteiger partial charge in [-0.25, -0.2) is 0 Å². The van der Waals surface area contributed by atoms with Crippen LogP contribution in [-0.4, -0.2) is 52.2 Å². The van der Waals surface area contributed by atoms with Gasteiger partial charge in [0, 0.05) is 26.4 Å². The zero-order valence-corrected chi connectivity index (χ0v) is 14.4. The Hall–Kier alpha value is -0.160. The third-order valence-corrected chi connectivity index (χ3v) is 4.44. The third-order valence-electron chi connectivity index (χ3n) is 4.44. The lowest BCUT2D eigenvalue weighted by Gasteiger charge is -2.38. The highest BCUT2D eigenvalue weighted by molar-refractivity contribution is 4.86. The van der Waals surface area contributed by atoms with Crippen LogP contribution in [0.5, 0.6) is 0 Å². The van der Waals surface area contributed by atoms with Crippen LogP contribution in [-0.2, 0) is 14.2 Å². The quantitative estimate of drug-likeness (QED) is 0.596. The molecule has 0 saturated heterocycles. The molecule has 4 heteroatoms. The van der Waals surface area contributed by atoms with Gasteiger partial charge in [0.25, 0.3) is 0 Å². The fourth-order valence-corrected chi connectivity index (χ4v) is 3.11. The van der Waals surface area contributed by atoms with Gasteiger partial charge in [-0.15, -0.1) is 0 Å². The predicted octanol–water partition coefficient (Wildman–Crippen LogP) is 2.86. The first-order valence-corrected chi connectivity index (χ1v) is 8.60. The molecular weight excluding hydrogens is 266 g/mol. The maximum Gasteiger partial charge on any atom is 0.0731 e. The average Bonchev–Trinajstić information content (AvgIpc) is 2.47. The summed E-state index contributed by atoms with van der Waals surface area (Å²) in [5.41, 5.74) is 0. The van der Waals surface area contributed by atoms with Crippen molar-refractivity contribution in [1.82, 2.24) is 5.32 Å². The molecule has 1 fully saturated rings. The molecule has 0 aromatic rings. The Morgan fingerprint density at radius 3 is 2.57 bits per heavy atom. The van der Waals surface area contributed by atoms with E-state index in [0.29, 0.717) is 25.4 Å². The molecule has 1 aliphatic rings. The molecule has 3 atom stereocenters. The second kappa shape index (κ2) is 11.4. The number of nitrogens with one attached hydrogen (secondary N) is 1. The van der Waals surface area contributed by atoms with E-state index in [1.807, 2.05) is 0 Å². The Labute approximate surface area is 130 Å². The van der Waals surface area contributed by atoms with Gasteiger partial charge in [-0.2, -0.15) is 0 Å². The smallest absolute Gasteiger partial charge is 0.0731 e. The summed E-state index contributed by atoms with van der Waals surface area (Å²) in [6, 6.07) is 0.512. The van der Waals surface area contributed by atoms with Crippen molar-refractivity contribution in [2.24, 2.45) is 11.8 Å². The standard InChI is InChI=1S/C17H35NO3/c1-5-18-16-8-7-15(14(2)3)13-17(16)21-12-11-20-10-6-9-19-4/h14-18H,5-13H2,1-4H3. The summed E-state index contributed by atoms with van der Waals surface area (Å²) in [7, 11) is 1.72. The molecular formula is C17H35NO3. The minimum Gasteiger partial charge on any atom is -0.385 e. The van der Waals surface area contributed by atoms with Gasteiger partial charge in [-0.1, -0.05) is 20.8 Å². The van der Waals surface area contributed by atoms with Gasteiger partial charge in [-0.05, 0) is 44.1 Å². The van der Waals surface area contributed by atoms with Crippen molar-refractivity contribution in [3.8, 4) is 0 Å². The normalized spacial score (nSPS) is 26.4. The summed E-state index contributed by atoms with van der Waals surface area (Å²) in [6.07, 6.45) is 5.03. The van der Waals surface area contributed by atoms with Crippen molar-refractivity contribution in [3.05, 3.63) is 0 Å². The van der Waals surface area contributed by atoms with Crippen LogP contribution in [0, 0.1) is 11.8 Å². The Bertz CT molecular complexity index is 248. The fraction of sp³-hybridized carbons (Fsp3) is 1.00. The van der Waals surface area contributed by atoms with Gasteiger partial charge >= 0.3 is 0 Å². The Morgan fingerprint density at radius 1 is 1.10 bits per heavy atom. The number of rotatable bonds is 11. The van der Waals surface area contributed by atoms with E-state index in [2.05, 4.69) is 26.1 Å². The fourth-order valence-electron chi connectivity index (χ4n) is 3.11. The number of methoxy groups -OCH3 is 1. The van der Waals surface area contributed by atoms with Crippen LogP contribution in [0.3, 0.4) is 0 Å². The Kier molecular flexibility index (Phi) is 10.3. The molecule has 21 heavy (non-hydrogen) atoms. The van der Waals surface area contributed by atoms with E-state index < -0.39 is 0 Å². The number of hydrogen-bond donors (Lipinski definition) is 1. The summed E-state index contributed by atoms with van der Waals surface area (Å²) in [6.45, 7) is 10.8. The highest BCUT2D eigenvalue weighted by atomic mass is 16.5. The summed E-state index contributed by atoms with van der Waals surface area (Å²) < 4.78 is 16.7. The second-order valence-electron chi connectivity index (χ2n) is 6.35. The van der Waals surface area contributed by atoms with Crippen molar-refractivity contribution < 1.29 is 14.2 Å². The van der Waals surface area contributed by atoms with Crippen LogP contribution in [0.2, 0.25) is 0 Å². The molecule has 0 aromatic heterocycles. The van der Waals surface area contributed by atoms with Gasteiger partial charge in [0.1, 0.15) is 0 Å². The first kappa shape index (κ1) is 18.9. The highest BCUT2D eigenvalue weighted by Gasteiger charge is 2.31. The molecule has 126 valence electrons. The van der Waals surface area contributed by atoms with E-state index >= 15 is 0 Å². The molecule has 0 amide bonds. The molecule has 0 aromatic carbocycles. The summed E-state index contributed by atoms with van der Waals surface area (Å²) in [5, 5.41) is 3.58. The highest BCUT2D eigenvalue weighted by Crippen LogP contribution is 2.31. The maximum absolute atomic E-state index is 6.12. The molecule has 4 nitrogen and oxygen atoms in total. The number of ether oxygens (including phenoxy) is 3. The molecule has 0 spiro atoms. The third kappa shape index (κ3) is 7.59. The Balaban J connectivity index is 2.23. The lowest BCUT2D eigenvalue weighted by molar-refractivity contribution is -0.0415. The molecule has 1 N–H and O–H groups in total. The van der Waals surface area contributed by atoms with Gasteiger partial charge in [0.2, 0.25) is 0 Å². The molecule has 0 radical (unpaired) electrons. The first-order chi connectivity index (χ1) is 10.2. The topological polar surface area (TPSA) is 39.7 Å². The van der Waals surface area contributed by atoms with Crippen molar-refractivity contribution in [1.29, 1.82) is 0 Å². The monoisotopic (exact) mass is 301 g/mol. The Morgan fingerprint density at radius 2 is 1.90 bits per heavy atom. The summed E-state index contributed by atoms with van der Waals surface area (Å²) in [4.78, 5) is 0. The van der Waals surface area contributed by atoms with Crippen LogP contribution in [0.1, 0.15) is 46.5 Å². The van der Waals surface area contributed by atoms with E-state index in [4.69, 9.17) is 14.2 Å². The molecule has 1 saturated carbocycles. The zero-order chi connectivity index (χ0) is 15.5. The molecule has 0 heterocycles. The molecule has 1 aliphatic carbocycles. The molecule has 3 unspecified atom stereocenters. The van der Waals surface area contributed by atoms with E-state index in [1.165, 1.54) is 19.3 Å². The van der Waals surface area contributed by atoms with Crippen molar-refractivity contribution >= 4 is 0 Å². The van der Waals surface area contributed by atoms with Crippen molar-refractivity contribution in [3.63, 3.8) is 0 Å². The molecule has 0 bridgehead atoms.